The first-order valence-corrected chi connectivity index (χ1v) is 10.8. The van der Waals surface area contributed by atoms with Gasteiger partial charge in [-0.1, -0.05) is 36.4 Å². The molecule has 8 nitrogen and oxygen atoms in total. The monoisotopic (exact) mass is 480 g/mol. The fraction of sp³-hybridized carbons (Fsp3) is 0.160. The Morgan fingerprint density at radius 3 is 2.57 bits per heavy atom. The number of halogens is 2. The Kier molecular flexibility index (Phi) is 7.02. The molecule has 3 N–H and O–H groups in total. The second kappa shape index (κ2) is 10.3. The van der Waals surface area contributed by atoms with Crippen molar-refractivity contribution in [3.63, 3.8) is 0 Å². The number of hydrogen-bond acceptors (Lipinski definition) is 6. The van der Waals surface area contributed by atoms with Crippen molar-refractivity contribution in [2.24, 2.45) is 5.73 Å². The minimum absolute atomic E-state index is 0.0211. The van der Waals surface area contributed by atoms with Crippen LogP contribution in [-0.4, -0.2) is 22.2 Å². The summed E-state index contributed by atoms with van der Waals surface area (Å²) in [6.45, 7) is 1.96. The maximum absolute atomic E-state index is 14.2. The maximum atomic E-state index is 14.2. The first-order chi connectivity index (χ1) is 16.9. The Bertz CT molecular complexity index is 1440. The van der Waals surface area contributed by atoms with Crippen molar-refractivity contribution in [3.8, 4) is 0 Å². The van der Waals surface area contributed by atoms with Gasteiger partial charge < -0.3 is 10.6 Å². The third-order valence-corrected chi connectivity index (χ3v) is 5.21. The number of amides is 1. The van der Waals surface area contributed by atoms with Crippen molar-refractivity contribution in [2.75, 3.05) is 12.1 Å². The summed E-state index contributed by atoms with van der Waals surface area (Å²) in [6.07, 6.45) is 1.53. The predicted octanol–water partition coefficient (Wildman–Crippen LogP) is 3.36. The molecule has 180 valence electrons. The second-order valence-electron chi connectivity index (χ2n) is 7.64. The minimum atomic E-state index is -0.994. The molecule has 0 aliphatic heterocycles. The highest BCUT2D eigenvalue weighted by atomic mass is 19.1. The molecule has 0 spiro atoms. The Balaban J connectivity index is 1.86. The van der Waals surface area contributed by atoms with Gasteiger partial charge in [-0.05, 0) is 35.7 Å². The van der Waals surface area contributed by atoms with Crippen LogP contribution >= 0.6 is 0 Å². The fourth-order valence-electron chi connectivity index (χ4n) is 3.58. The summed E-state index contributed by atoms with van der Waals surface area (Å²) in [5.74, 6) is -2.38. The number of nitrogens with two attached hydrogens (primary N) is 1. The van der Waals surface area contributed by atoms with Gasteiger partial charge in [-0.15, -0.1) is 4.73 Å². The van der Waals surface area contributed by atoms with Crippen LogP contribution in [0, 0.1) is 11.6 Å². The van der Waals surface area contributed by atoms with Gasteiger partial charge in [-0.2, -0.15) is 0 Å². The molecular formula is C25H22F2N4O4. The van der Waals surface area contributed by atoms with E-state index < -0.39 is 23.1 Å². The van der Waals surface area contributed by atoms with Crippen LogP contribution in [-0.2, 0) is 17.9 Å². The molecule has 10 heteroatoms. The molecular weight excluding hydrogens is 458 g/mol. The lowest BCUT2D eigenvalue weighted by Gasteiger charge is -2.17. The van der Waals surface area contributed by atoms with Gasteiger partial charge in [0.2, 0.25) is 0 Å². The van der Waals surface area contributed by atoms with Crippen LogP contribution in [0.4, 0.5) is 14.5 Å². The molecule has 0 radical (unpaired) electrons. The molecule has 0 saturated heterocycles. The van der Waals surface area contributed by atoms with Crippen LogP contribution in [0.1, 0.15) is 34.0 Å². The summed E-state index contributed by atoms with van der Waals surface area (Å²) in [6, 6.07) is 14.0. The number of primary amides is 1. The summed E-state index contributed by atoms with van der Waals surface area (Å²) >= 11 is 0. The predicted molar refractivity (Wildman–Crippen MR) is 126 cm³/mol. The molecule has 0 fully saturated rings. The number of anilines is 1. The summed E-state index contributed by atoms with van der Waals surface area (Å²) < 4.78 is 28.4. The molecule has 0 unspecified atom stereocenters. The van der Waals surface area contributed by atoms with Crippen LogP contribution in [0.25, 0.3) is 11.0 Å². The molecule has 2 aromatic carbocycles. The third-order valence-electron chi connectivity index (χ3n) is 5.21. The zero-order valence-corrected chi connectivity index (χ0v) is 18.8. The van der Waals surface area contributed by atoms with Crippen LogP contribution < -0.4 is 21.6 Å². The van der Waals surface area contributed by atoms with Crippen molar-refractivity contribution in [1.29, 1.82) is 0 Å². The Morgan fingerprint density at radius 1 is 1.11 bits per heavy atom. The molecule has 0 saturated carbocycles. The zero-order valence-electron chi connectivity index (χ0n) is 18.8. The average Bonchev–Trinajstić information content (AvgIpc) is 2.84. The second-order valence-corrected chi connectivity index (χ2v) is 7.64. The third kappa shape index (κ3) is 5.12. The number of nitrogens with one attached hydrogen (secondary N) is 1. The Morgan fingerprint density at radius 2 is 1.89 bits per heavy atom. The summed E-state index contributed by atoms with van der Waals surface area (Å²) in [5, 5.41) is 0.292. The standard InChI is InChI=1S/C25H22F2N4O4/c1-2-34-30-22-19-11-16(10-17-8-9-18(26)12-20(17)27)13-29-24(19)31(25(33)21(22)23(28)32)35-14-15-6-4-3-5-7-15/h3-9,11-13,30H,2,10,14H2,1H3,(H2,28,32). The van der Waals surface area contributed by atoms with E-state index in [4.69, 9.17) is 15.4 Å². The fourth-order valence-corrected chi connectivity index (χ4v) is 3.58. The largest absolute Gasteiger partial charge is 0.404 e. The van der Waals surface area contributed by atoms with Gasteiger partial charge in [-0.3, -0.25) is 19.9 Å². The number of pyridine rings is 2. The summed E-state index contributed by atoms with van der Waals surface area (Å²) in [5.41, 5.74) is 8.64. The van der Waals surface area contributed by atoms with Crippen molar-refractivity contribution in [2.45, 2.75) is 20.0 Å². The van der Waals surface area contributed by atoms with E-state index in [0.29, 0.717) is 10.9 Å². The smallest absolute Gasteiger partial charge is 0.300 e. The number of aromatic nitrogens is 2. The quantitative estimate of drug-likeness (QED) is 0.356. The van der Waals surface area contributed by atoms with Crippen molar-refractivity contribution in [3.05, 3.63) is 105 Å². The highest BCUT2D eigenvalue weighted by Crippen LogP contribution is 2.26. The molecule has 0 atom stereocenters. The molecule has 0 aliphatic carbocycles. The highest BCUT2D eigenvalue weighted by Gasteiger charge is 2.23. The van der Waals surface area contributed by atoms with Gasteiger partial charge in [0.25, 0.3) is 11.5 Å². The number of nitrogens with zero attached hydrogens (tertiary/aromatic N) is 2. The zero-order chi connectivity index (χ0) is 24.9. The number of rotatable bonds is 9. The number of benzene rings is 2. The maximum Gasteiger partial charge on any atom is 0.300 e. The van der Waals surface area contributed by atoms with E-state index in [-0.39, 0.29) is 42.1 Å². The first-order valence-electron chi connectivity index (χ1n) is 10.8. The van der Waals surface area contributed by atoms with Crippen molar-refractivity contribution in [1.82, 2.24) is 9.71 Å². The SMILES string of the molecule is CCONc1c(C(N)=O)c(=O)n(OCc2ccccc2)c2ncc(Cc3ccc(F)cc3F)cc12. The van der Waals surface area contributed by atoms with Gasteiger partial charge in [0, 0.05) is 24.1 Å². The molecule has 2 aromatic heterocycles. The van der Waals surface area contributed by atoms with E-state index >= 15 is 0 Å². The van der Waals surface area contributed by atoms with Gasteiger partial charge in [0.05, 0.1) is 12.3 Å². The number of fused-ring (bicyclic) bond motifs is 1. The van der Waals surface area contributed by atoms with E-state index in [9.17, 15) is 18.4 Å². The normalized spacial score (nSPS) is 10.9. The van der Waals surface area contributed by atoms with E-state index in [1.165, 1.54) is 12.3 Å². The van der Waals surface area contributed by atoms with Gasteiger partial charge in [0.1, 0.15) is 23.8 Å². The lowest BCUT2D eigenvalue weighted by molar-refractivity contribution is 0.0923. The molecule has 35 heavy (non-hydrogen) atoms. The number of carbonyl (C=O) groups excluding carboxylic acids is 1. The van der Waals surface area contributed by atoms with Crippen LogP contribution in [0.15, 0.2) is 65.6 Å². The molecule has 2 heterocycles. The molecule has 4 rings (SSSR count). The summed E-state index contributed by atoms with van der Waals surface area (Å²) in [4.78, 5) is 40.8. The number of hydrogen-bond donors (Lipinski definition) is 2. The molecule has 1 amide bonds. The Hall–Kier alpha value is -4.31. The van der Waals surface area contributed by atoms with Gasteiger partial charge in [0.15, 0.2) is 5.65 Å². The number of carbonyl (C=O) groups is 1. The first kappa shape index (κ1) is 23.8. The van der Waals surface area contributed by atoms with Gasteiger partial charge >= 0.3 is 0 Å². The lowest BCUT2D eigenvalue weighted by Crippen LogP contribution is -2.35. The van der Waals surface area contributed by atoms with Crippen molar-refractivity contribution >= 4 is 22.6 Å². The average molecular weight is 480 g/mol. The van der Waals surface area contributed by atoms with Gasteiger partial charge in [-0.25, -0.2) is 13.8 Å². The molecule has 0 bridgehead atoms. The van der Waals surface area contributed by atoms with E-state index in [1.807, 2.05) is 30.3 Å². The topological polar surface area (TPSA) is 108 Å². The Labute approximate surface area is 198 Å². The van der Waals surface area contributed by atoms with E-state index in [1.54, 1.807) is 13.0 Å². The van der Waals surface area contributed by atoms with Crippen LogP contribution in [0.2, 0.25) is 0 Å². The minimum Gasteiger partial charge on any atom is -0.404 e. The van der Waals surface area contributed by atoms with Crippen molar-refractivity contribution < 1.29 is 23.3 Å². The van der Waals surface area contributed by atoms with Crippen LogP contribution in [0.3, 0.4) is 0 Å². The lowest BCUT2D eigenvalue weighted by atomic mass is 10.0. The summed E-state index contributed by atoms with van der Waals surface area (Å²) in [7, 11) is 0. The van der Waals surface area contributed by atoms with E-state index in [2.05, 4.69) is 10.5 Å². The van der Waals surface area contributed by atoms with Crippen LogP contribution in [0.5, 0.6) is 0 Å². The highest BCUT2D eigenvalue weighted by molar-refractivity contribution is 6.05. The molecule has 4 aromatic rings. The van der Waals surface area contributed by atoms with E-state index in [0.717, 1.165) is 22.4 Å². The molecule has 0 aliphatic rings.